The maximum atomic E-state index is 2.34. The van der Waals surface area contributed by atoms with Crippen molar-refractivity contribution in [1.29, 1.82) is 0 Å². The van der Waals surface area contributed by atoms with Crippen molar-refractivity contribution in [1.82, 2.24) is 0 Å². The SMILES string of the molecule is CN(C)c1ccc(-c2cccc(I)c2)cc1. The molecule has 2 rings (SSSR count). The van der Waals surface area contributed by atoms with Gasteiger partial charge in [0.15, 0.2) is 0 Å². The Bertz CT molecular complexity index is 474. The van der Waals surface area contributed by atoms with Gasteiger partial charge in [-0.2, -0.15) is 0 Å². The molecule has 0 heterocycles. The van der Waals surface area contributed by atoms with E-state index < -0.39 is 0 Å². The smallest absolute Gasteiger partial charge is 0.0361 e. The molecule has 2 aromatic carbocycles. The Morgan fingerprint density at radius 1 is 0.875 bits per heavy atom. The quantitative estimate of drug-likeness (QED) is 0.755. The average molecular weight is 323 g/mol. The normalized spacial score (nSPS) is 10.2. The van der Waals surface area contributed by atoms with Crippen LogP contribution in [-0.4, -0.2) is 14.1 Å². The second-order valence-corrected chi connectivity index (χ2v) is 5.20. The van der Waals surface area contributed by atoms with E-state index in [0.29, 0.717) is 0 Å². The molecule has 2 heteroatoms. The number of hydrogen-bond donors (Lipinski definition) is 0. The first-order valence-corrected chi connectivity index (χ1v) is 6.28. The summed E-state index contributed by atoms with van der Waals surface area (Å²) < 4.78 is 1.27. The van der Waals surface area contributed by atoms with Gasteiger partial charge in [0.2, 0.25) is 0 Å². The molecule has 0 aromatic heterocycles. The highest BCUT2D eigenvalue weighted by molar-refractivity contribution is 14.1. The summed E-state index contributed by atoms with van der Waals surface area (Å²) in [5.41, 5.74) is 3.77. The largest absolute Gasteiger partial charge is 0.378 e. The molecule has 0 saturated heterocycles. The molecule has 0 aliphatic heterocycles. The van der Waals surface area contributed by atoms with Crippen LogP contribution >= 0.6 is 22.6 Å². The molecule has 0 saturated carbocycles. The van der Waals surface area contributed by atoms with Gasteiger partial charge < -0.3 is 4.90 Å². The summed E-state index contributed by atoms with van der Waals surface area (Å²) in [6.07, 6.45) is 0. The monoisotopic (exact) mass is 323 g/mol. The van der Waals surface area contributed by atoms with Crippen LogP contribution in [0.2, 0.25) is 0 Å². The molecule has 0 atom stereocenters. The molecule has 16 heavy (non-hydrogen) atoms. The fraction of sp³-hybridized carbons (Fsp3) is 0.143. The van der Waals surface area contributed by atoms with Gasteiger partial charge in [0.1, 0.15) is 0 Å². The second-order valence-electron chi connectivity index (χ2n) is 3.95. The predicted octanol–water partition coefficient (Wildman–Crippen LogP) is 4.02. The lowest BCUT2D eigenvalue weighted by Gasteiger charge is -2.12. The first kappa shape index (κ1) is 11.5. The van der Waals surface area contributed by atoms with Crippen molar-refractivity contribution >= 4 is 28.3 Å². The molecule has 0 radical (unpaired) electrons. The molecule has 0 spiro atoms. The highest BCUT2D eigenvalue weighted by Crippen LogP contribution is 2.23. The topological polar surface area (TPSA) is 3.24 Å². The number of halogens is 1. The Hall–Kier alpha value is -1.03. The van der Waals surface area contributed by atoms with Crippen LogP contribution in [0.5, 0.6) is 0 Å². The van der Waals surface area contributed by atoms with Gasteiger partial charge in [-0.05, 0) is 58.0 Å². The molecule has 0 fully saturated rings. The molecule has 2 aromatic rings. The zero-order valence-corrected chi connectivity index (χ0v) is 11.6. The third-order valence-electron chi connectivity index (χ3n) is 2.54. The van der Waals surface area contributed by atoms with Crippen LogP contribution in [0.25, 0.3) is 11.1 Å². The van der Waals surface area contributed by atoms with Gasteiger partial charge in [-0.25, -0.2) is 0 Å². The zero-order chi connectivity index (χ0) is 11.5. The van der Waals surface area contributed by atoms with E-state index in [1.807, 2.05) is 0 Å². The predicted molar refractivity (Wildman–Crippen MR) is 78.9 cm³/mol. The maximum Gasteiger partial charge on any atom is 0.0361 e. The number of nitrogens with zero attached hydrogens (tertiary/aromatic N) is 1. The second kappa shape index (κ2) is 4.87. The molecule has 0 N–H and O–H groups in total. The van der Waals surface area contributed by atoms with Crippen molar-refractivity contribution < 1.29 is 0 Å². The molecule has 0 unspecified atom stereocenters. The minimum absolute atomic E-state index is 1.23. The number of benzene rings is 2. The van der Waals surface area contributed by atoms with Crippen molar-refractivity contribution in [3.05, 3.63) is 52.1 Å². The number of hydrogen-bond acceptors (Lipinski definition) is 1. The standard InChI is InChI=1S/C14H14IN/c1-16(2)14-8-6-11(7-9-14)12-4-3-5-13(15)10-12/h3-10H,1-2H3. The van der Waals surface area contributed by atoms with Gasteiger partial charge in [-0.15, -0.1) is 0 Å². The highest BCUT2D eigenvalue weighted by Gasteiger charge is 1.99. The van der Waals surface area contributed by atoms with E-state index in [1.165, 1.54) is 20.4 Å². The van der Waals surface area contributed by atoms with Gasteiger partial charge in [0.25, 0.3) is 0 Å². The molecule has 82 valence electrons. The van der Waals surface area contributed by atoms with Gasteiger partial charge in [-0.1, -0.05) is 24.3 Å². The Labute approximate surface area is 110 Å². The van der Waals surface area contributed by atoms with E-state index in [1.54, 1.807) is 0 Å². The van der Waals surface area contributed by atoms with E-state index in [9.17, 15) is 0 Å². The highest BCUT2D eigenvalue weighted by atomic mass is 127. The van der Waals surface area contributed by atoms with Gasteiger partial charge in [0.05, 0.1) is 0 Å². The van der Waals surface area contributed by atoms with E-state index in [4.69, 9.17) is 0 Å². The van der Waals surface area contributed by atoms with Crippen molar-refractivity contribution in [2.45, 2.75) is 0 Å². The van der Waals surface area contributed by atoms with Crippen LogP contribution in [0.15, 0.2) is 48.5 Å². The number of rotatable bonds is 2. The first-order chi connectivity index (χ1) is 7.66. The van der Waals surface area contributed by atoms with Crippen LogP contribution in [0.1, 0.15) is 0 Å². The molecule has 0 amide bonds. The zero-order valence-electron chi connectivity index (χ0n) is 9.44. The van der Waals surface area contributed by atoms with E-state index >= 15 is 0 Å². The fourth-order valence-electron chi connectivity index (χ4n) is 1.62. The minimum Gasteiger partial charge on any atom is -0.378 e. The number of anilines is 1. The summed E-state index contributed by atoms with van der Waals surface area (Å²) in [5.74, 6) is 0. The minimum atomic E-state index is 1.23. The van der Waals surface area contributed by atoms with Crippen LogP contribution in [-0.2, 0) is 0 Å². The first-order valence-electron chi connectivity index (χ1n) is 5.20. The lowest BCUT2D eigenvalue weighted by Crippen LogP contribution is -2.07. The Morgan fingerprint density at radius 3 is 2.12 bits per heavy atom. The van der Waals surface area contributed by atoms with Crippen LogP contribution in [0, 0.1) is 3.57 Å². The molecule has 0 aliphatic carbocycles. The van der Waals surface area contributed by atoms with Crippen molar-refractivity contribution in [2.75, 3.05) is 19.0 Å². The van der Waals surface area contributed by atoms with E-state index in [0.717, 1.165) is 0 Å². The molecular weight excluding hydrogens is 309 g/mol. The third-order valence-corrected chi connectivity index (χ3v) is 3.21. The summed E-state index contributed by atoms with van der Waals surface area (Å²) in [6.45, 7) is 0. The Morgan fingerprint density at radius 2 is 1.56 bits per heavy atom. The third kappa shape index (κ3) is 2.55. The van der Waals surface area contributed by atoms with Crippen molar-refractivity contribution in [3.8, 4) is 11.1 Å². The van der Waals surface area contributed by atoms with E-state index in [2.05, 4.69) is 90.1 Å². The lowest BCUT2D eigenvalue weighted by atomic mass is 10.1. The molecule has 0 bridgehead atoms. The van der Waals surface area contributed by atoms with E-state index in [-0.39, 0.29) is 0 Å². The van der Waals surface area contributed by atoms with Gasteiger partial charge >= 0.3 is 0 Å². The van der Waals surface area contributed by atoms with Gasteiger partial charge in [0, 0.05) is 23.4 Å². The van der Waals surface area contributed by atoms with Crippen LogP contribution < -0.4 is 4.90 Å². The van der Waals surface area contributed by atoms with Gasteiger partial charge in [-0.3, -0.25) is 0 Å². The Kier molecular flexibility index (Phi) is 3.49. The summed E-state index contributed by atoms with van der Waals surface area (Å²) in [5, 5.41) is 0. The summed E-state index contributed by atoms with van der Waals surface area (Å²) in [6, 6.07) is 17.2. The van der Waals surface area contributed by atoms with Crippen molar-refractivity contribution in [3.63, 3.8) is 0 Å². The summed E-state index contributed by atoms with van der Waals surface area (Å²) >= 11 is 2.34. The van der Waals surface area contributed by atoms with Crippen molar-refractivity contribution in [2.24, 2.45) is 0 Å². The average Bonchev–Trinajstić information content (AvgIpc) is 2.29. The molecule has 1 nitrogen and oxygen atoms in total. The Balaban J connectivity index is 2.35. The molecule has 0 aliphatic rings. The summed E-state index contributed by atoms with van der Waals surface area (Å²) in [4.78, 5) is 2.11. The fourth-order valence-corrected chi connectivity index (χ4v) is 2.16. The lowest BCUT2D eigenvalue weighted by molar-refractivity contribution is 1.13. The maximum absolute atomic E-state index is 2.34. The summed E-state index contributed by atoms with van der Waals surface area (Å²) in [7, 11) is 4.11. The van der Waals surface area contributed by atoms with Crippen LogP contribution in [0.3, 0.4) is 0 Å². The molecular formula is C14H14IN. The van der Waals surface area contributed by atoms with Crippen LogP contribution in [0.4, 0.5) is 5.69 Å².